The lowest BCUT2D eigenvalue weighted by atomic mass is 9.83. The highest BCUT2D eigenvalue weighted by atomic mass is 16.5. The molecule has 1 heterocycles. The van der Waals surface area contributed by atoms with Gasteiger partial charge in [0.05, 0.1) is 24.6 Å². The summed E-state index contributed by atoms with van der Waals surface area (Å²) in [6.07, 6.45) is 8.32. The maximum Gasteiger partial charge on any atom is 0.150 e. The predicted molar refractivity (Wildman–Crippen MR) is 200 cm³/mol. The Morgan fingerprint density at radius 3 is 2.56 bits per heavy atom. The number of hydrogen-bond acceptors (Lipinski definition) is 6. The van der Waals surface area contributed by atoms with Crippen LogP contribution in [0.1, 0.15) is 76.5 Å². The summed E-state index contributed by atoms with van der Waals surface area (Å²) in [7, 11) is 1.82. The van der Waals surface area contributed by atoms with E-state index >= 15 is 0 Å². The standard InChI is InChI=1S/C41H56N4O3/c1-7-10-15-30-16-11-12-17-34(30)40-36(27-41(4,5)28-48-9-3)35-26-31(19-20-38(35)45(40)8-2)32-22-29(23-33(46)25-32)24-37(43-6)39(47)18-13-14-21-44-42/h9,11-12,16-17,19-20,22-23,25-26,37,43-44,46H,3,7-8,10,13-15,18,21,24,27-28,42H2,1-2,4-6H3. The molecule has 1 aromatic heterocycles. The second-order valence-corrected chi connectivity index (χ2v) is 13.7. The number of aromatic nitrogens is 1. The van der Waals surface area contributed by atoms with Crippen molar-refractivity contribution in [3.63, 3.8) is 0 Å². The summed E-state index contributed by atoms with van der Waals surface area (Å²) >= 11 is 0. The van der Waals surface area contributed by atoms with E-state index in [1.54, 1.807) is 6.07 Å². The minimum absolute atomic E-state index is 0.141. The number of nitrogens with two attached hydrogens (primary N) is 1. The number of fused-ring (bicyclic) bond motifs is 1. The normalized spacial score (nSPS) is 12.4. The summed E-state index contributed by atoms with van der Waals surface area (Å²) in [5.41, 5.74) is 11.8. The molecule has 4 rings (SSSR count). The average molecular weight is 653 g/mol. The van der Waals surface area contributed by atoms with Gasteiger partial charge in [0.25, 0.3) is 0 Å². The van der Waals surface area contributed by atoms with E-state index in [1.807, 2.05) is 13.1 Å². The molecule has 1 unspecified atom stereocenters. The number of rotatable bonds is 20. The van der Waals surface area contributed by atoms with E-state index in [0.29, 0.717) is 26.0 Å². The van der Waals surface area contributed by atoms with E-state index in [9.17, 15) is 9.90 Å². The first-order valence-corrected chi connectivity index (χ1v) is 17.6. The van der Waals surface area contributed by atoms with Gasteiger partial charge in [0.2, 0.25) is 0 Å². The first-order chi connectivity index (χ1) is 23.2. The average Bonchev–Trinajstić information content (AvgIpc) is 3.38. The van der Waals surface area contributed by atoms with Gasteiger partial charge in [-0.15, -0.1) is 0 Å². The van der Waals surface area contributed by atoms with Crippen molar-refractivity contribution in [3.8, 4) is 28.1 Å². The highest BCUT2D eigenvalue weighted by Gasteiger charge is 2.27. The number of nitrogens with one attached hydrogen (secondary N) is 2. The number of hydrogen-bond donors (Lipinski definition) is 4. The van der Waals surface area contributed by atoms with Gasteiger partial charge in [0.15, 0.2) is 0 Å². The number of benzene rings is 3. The number of Topliss-reactive ketones (excluding diaryl/α,β-unsaturated/α-hetero) is 1. The zero-order valence-corrected chi connectivity index (χ0v) is 29.7. The SMILES string of the molecule is C=COCC(C)(C)Cc1c(-c2ccccc2CCCC)n(CC)c2ccc(-c3cc(O)cc(CC(NC)C(=O)CCCCNN)c3)cc12. The molecular weight excluding hydrogens is 596 g/mol. The number of aromatic hydroxyl groups is 1. The van der Waals surface area contributed by atoms with Crippen LogP contribution in [0.25, 0.3) is 33.3 Å². The molecule has 48 heavy (non-hydrogen) atoms. The van der Waals surface area contributed by atoms with Gasteiger partial charge in [0.1, 0.15) is 11.5 Å². The number of carbonyl (C=O) groups is 1. The summed E-state index contributed by atoms with van der Waals surface area (Å²) in [5, 5.41) is 15.3. The van der Waals surface area contributed by atoms with Crippen LogP contribution in [0.2, 0.25) is 0 Å². The van der Waals surface area contributed by atoms with Crippen LogP contribution in [0.5, 0.6) is 5.75 Å². The van der Waals surface area contributed by atoms with Crippen LogP contribution in [0.3, 0.4) is 0 Å². The third kappa shape index (κ3) is 9.16. The summed E-state index contributed by atoms with van der Waals surface area (Å²) < 4.78 is 8.20. The van der Waals surface area contributed by atoms with Gasteiger partial charge in [-0.05, 0) is 105 Å². The molecule has 0 amide bonds. The van der Waals surface area contributed by atoms with Crippen molar-refractivity contribution in [1.29, 1.82) is 0 Å². The molecule has 7 nitrogen and oxygen atoms in total. The lowest BCUT2D eigenvalue weighted by Crippen LogP contribution is -2.36. The molecule has 0 aliphatic rings. The molecule has 0 saturated carbocycles. The van der Waals surface area contributed by atoms with Crippen molar-refractivity contribution in [2.75, 3.05) is 20.2 Å². The molecule has 0 radical (unpaired) electrons. The Morgan fingerprint density at radius 2 is 1.85 bits per heavy atom. The van der Waals surface area contributed by atoms with Crippen LogP contribution in [0, 0.1) is 5.41 Å². The number of ketones is 1. The lowest BCUT2D eigenvalue weighted by Gasteiger charge is -2.25. The number of aryl methyl sites for hydroxylation is 2. The van der Waals surface area contributed by atoms with Crippen LogP contribution in [0.15, 0.2) is 73.5 Å². The molecule has 4 aromatic rings. The van der Waals surface area contributed by atoms with Gasteiger partial charge >= 0.3 is 0 Å². The second kappa shape index (κ2) is 17.5. The Hall–Kier alpha value is -3.91. The summed E-state index contributed by atoms with van der Waals surface area (Å²) in [4.78, 5) is 13.0. The van der Waals surface area contributed by atoms with Gasteiger partial charge in [0, 0.05) is 41.4 Å². The van der Waals surface area contributed by atoms with Crippen LogP contribution >= 0.6 is 0 Å². The van der Waals surface area contributed by atoms with Gasteiger partial charge < -0.3 is 19.7 Å². The largest absolute Gasteiger partial charge is 0.508 e. The van der Waals surface area contributed by atoms with Crippen molar-refractivity contribution in [3.05, 3.63) is 90.2 Å². The van der Waals surface area contributed by atoms with E-state index in [0.717, 1.165) is 61.8 Å². The Labute approximate surface area is 287 Å². The number of hydrazine groups is 1. The summed E-state index contributed by atoms with van der Waals surface area (Å²) in [6.45, 7) is 14.8. The fraction of sp³-hybridized carbons (Fsp3) is 0.439. The third-order valence-corrected chi connectivity index (χ3v) is 9.29. The number of nitrogens with zero attached hydrogens (tertiary/aromatic N) is 1. The lowest BCUT2D eigenvalue weighted by molar-refractivity contribution is -0.121. The number of phenolic OH excluding ortho intramolecular Hbond substituents is 1. The smallest absolute Gasteiger partial charge is 0.150 e. The quantitative estimate of drug-likeness (QED) is 0.0333. The minimum Gasteiger partial charge on any atom is -0.508 e. The van der Waals surface area contributed by atoms with Crippen LogP contribution in [0.4, 0.5) is 0 Å². The fourth-order valence-corrected chi connectivity index (χ4v) is 6.84. The molecule has 5 N–H and O–H groups in total. The van der Waals surface area contributed by atoms with Gasteiger partial charge in [-0.25, -0.2) is 0 Å². The minimum atomic E-state index is -0.325. The number of likely N-dealkylation sites (N-methyl/N-ethyl adjacent to an activating group) is 1. The van der Waals surface area contributed by atoms with E-state index in [2.05, 4.69) is 98.1 Å². The highest BCUT2D eigenvalue weighted by Crippen LogP contribution is 2.41. The topological polar surface area (TPSA) is 102 Å². The van der Waals surface area contributed by atoms with Crippen molar-refractivity contribution in [2.24, 2.45) is 11.3 Å². The van der Waals surface area contributed by atoms with E-state index in [-0.39, 0.29) is 23.0 Å². The molecule has 0 bridgehead atoms. The molecular formula is C41H56N4O3. The Kier molecular flexibility index (Phi) is 13.4. The first kappa shape index (κ1) is 36.9. The molecule has 0 aliphatic heterocycles. The molecule has 0 aliphatic carbocycles. The molecule has 0 fully saturated rings. The van der Waals surface area contributed by atoms with E-state index in [4.69, 9.17) is 10.6 Å². The predicted octanol–water partition coefficient (Wildman–Crippen LogP) is 8.11. The maximum atomic E-state index is 13.0. The monoisotopic (exact) mass is 652 g/mol. The van der Waals surface area contributed by atoms with E-state index in [1.165, 1.54) is 39.5 Å². The molecule has 258 valence electrons. The Morgan fingerprint density at radius 1 is 1.06 bits per heavy atom. The highest BCUT2D eigenvalue weighted by molar-refractivity contribution is 5.95. The van der Waals surface area contributed by atoms with Crippen LogP contribution in [-0.2, 0) is 35.3 Å². The van der Waals surface area contributed by atoms with Crippen molar-refractivity contribution in [1.82, 2.24) is 15.3 Å². The molecule has 0 saturated heterocycles. The van der Waals surface area contributed by atoms with Crippen molar-refractivity contribution < 1.29 is 14.6 Å². The number of carbonyl (C=O) groups excluding carboxylic acids is 1. The van der Waals surface area contributed by atoms with E-state index < -0.39 is 0 Å². The van der Waals surface area contributed by atoms with Crippen molar-refractivity contribution in [2.45, 2.75) is 91.6 Å². The fourth-order valence-electron chi connectivity index (χ4n) is 6.84. The maximum absolute atomic E-state index is 13.0. The van der Waals surface area contributed by atoms with Crippen LogP contribution in [-0.4, -0.2) is 41.7 Å². The molecule has 0 spiro atoms. The first-order valence-electron chi connectivity index (χ1n) is 17.6. The van der Waals surface area contributed by atoms with Crippen molar-refractivity contribution >= 4 is 16.7 Å². The Bertz CT molecular complexity index is 1670. The number of ether oxygens (including phenoxy) is 1. The van der Waals surface area contributed by atoms with Crippen LogP contribution < -0.4 is 16.6 Å². The Balaban J connectivity index is 1.82. The molecule has 7 heteroatoms. The molecule has 3 aromatic carbocycles. The number of phenols is 1. The second-order valence-electron chi connectivity index (χ2n) is 13.7. The third-order valence-electron chi connectivity index (χ3n) is 9.29. The molecule has 1 atom stereocenters. The zero-order valence-electron chi connectivity index (χ0n) is 29.7. The van der Waals surface area contributed by atoms with Gasteiger partial charge in [-0.2, -0.15) is 0 Å². The zero-order chi connectivity index (χ0) is 34.7. The number of unbranched alkanes of at least 4 members (excludes halogenated alkanes) is 2. The van der Waals surface area contributed by atoms with Gasteiger partial charge in [-0.3, -0.25) is 16.1 Å². The summed E-state index contributed by atoms with van der Waals surface area (Å²) in [5.74, 6) is 5.74. The van der Waals surface area contributed by atoms with Gasteiger partial charge in [-0.1, -0.05) is 70.2 Å². The summed E-state index contributed by atoms with van der Waals surface area (Å²) in [6, 6.07) is 20.9.